The zero-order valence-electron chi connectivity index (χ0n) is 29.9. The van der Waals surface area contributed by atoms with Crippen LogP contribution in [0.15, 0.2) is 199 Å². The highest BCUT2D eigenvalue weighted by Gasteiger charge is 2.21. The fourth-order valence-electron chi connectivity index (χ4n) is 9.45. The lowest BCUT2D eigenvalue weighted by molar-refractivity contribution is 0.673. The predicted octanol–water partition coefficient (Wildman–Crippen LogP) is 15.5. The van der Waals surface area contributed by atoms with Crippen molar-refractivity contribution in [3.8, 4) is 33.4 Å². The molecule has 0 saturated heterocycles. The number of hydrogen-bond acceptors (Lipinski definition) is 1. The monoisotopic (exact) mass is 696 g/mol. The highest BCUT2D eigenvalue weighted by molar-refractivity contribution is 6.28. The van der Waals surface area contributed by atoms with Crippen molar-refractivity contribution in [2.45, 2.75) is 0 Å². The quantitative estimate of drug-likeness (QED) is 0.132. The molecule has 0 radical (unpaired) electrons. The Hall–Kier alpha value is -7.22. The van der Waals surface area contributed by atoms with E-state index in [1.807, 2.05) is 0 Å². The summed E-state index contributed by atoms with van der Waals surface area (Å²) in [6.07, 6.45) is 0. The number of benzene rings is 11. The lowest BCUT2D eigenvalue weighted by atomic mass is 9.83. The molecule has 0 aliphatic rings. The maximum atomic E-state index is 6.59. The number of hydrogen-bond donors (Lipinski definition) is 0. The molecule has 0 spiro atoms. The van der Waals surface area contributed by atoms with E-state index in [0.29, 0.717) is 0 Å². The molecule has 1 heteroatoms. The van der Waals surface area contributed by atoms with Crippen molar-refractivity contribution < 1.29 is 4.42 Å². The molecule has 1 heterocycles. The lowest BCUT2D eigenvalue weighted by Gasteiger charge is -2.20. The van der Waals surface area contributed by atoms with E-state index in [2.05, 4.69) is 194 Å². The molecule has 0 aliphatic carbocycles. The first-order valence-electron chi connectivity index (χ1n) is 19.0. The third-order valence-electron chi connectivity index (χ3n) is 11.8. The van der Waals surface area contributed by atoms with Crippen molar-refractivity contribution in [2.75, 3.05) is 0 Å². The minimum Gasteiger partial charge on any atom is -0.455 e. The summed E-state index contributed by atoms with van der Waals surface area (Å²) in [6.45, 7) is 0. The molecule has 0 aliphatic heterocycles. The van der Waals surface area contributed by atoms with Gasteiger partial charge in [0.15, 0.2) is 0 Å². The van der Waals surface area contributed by atoms with Gasteiger partial charge in [0, 0.05) is 16.2 Å². The van der Waals surface area contributed by atoms with Gasteiger partial charge in [0.05, 0.1) is 0 Å². The Morgan fingerprint density at radius 2 is 0.818 bits per heavy atom. The van der Waals surface area contributed by atoms with E-state index in [0.717, 1.165) is 27.3 Å². The van der Waals surface area contributed by atoms with Crippen LogP contribution in [0.1, 0.15) is 0 Å². The molecule has 0 bridgehead atoms. The van der Waals surface area contributed by atoms with E-state index in [9.17, 15) is 0 Å². The summed E-state index contributed by atoms with van der Waals surface area (Å²) < 4.78 is 6.59. The largest absolute Gasteiger partial charge is 0.455 e. The van der Waals surface area contributed by atoms with Gasteiger partial charge in [0.1, 0.15) is 11.2 Å². The first-order valence-corrected chi connectivity index (χ1v) is 19.0. The summed E-state index contributed by atoms with van der Waals surface area (Å²) in [4.78, 5) is 0. The molecule has 1 nitrogen and oxygen atoms in total. The van der Waals surface area contributed by atoms with Crippen molar-refractivity contribution in [1.29, 1.82) is 0 Å². The van der Waals surface area contributed by atoms with Gasteiger partial charge in [-0.15, -0.1) is 0 Å². The van der Waals surface area contributed by atoms with Crippen LogP contribution in [-0.4, -0.2) is 0 Å². The second-order valence-electron chi connectivity index (χ2n) is 14.7. The molecular formula is C54H32O. The van der Waals surface area contributed by atoms with Gasteiger partial charge < -0.3 is 4.42 Å². The van der Waals surface area contributed by atoms with Gasteiger partial charge in [-0.3, -0.25) is 0 Å². The highest BCUT2D eigenvalue weighted by Crippen LogP contribution is 2.48. The normalized spacial score (nSPS) is 12.0. The Kier molecular flexibility index (Phi) is 6.40. The Balaban J connectivity index is 1.13. The van der Waals surface area contributed by atoms with E-state index in [4.69, 9.17) is 4.42 Å². The van der Waals surface area contributed by atoms with E-state index in [1.165, 1.54) is 92.6 Å². The van der Waals surface area contributed by atoms with Crippen LogP contribution in [0.5, 0.6) is 0 Å². The van der Waals surface area contributed by atoms with Gasteiger partial charge in [-0.05, 0) is 117 Å². The van der Waals surface area contributed by atoms with Crippen LogP contribution in [0.2, 0.25) is 0 Å². The molecule has 12 aromatic rings. The number of fused-ring (bicyclic) bond motifs is 12. The van der Waals surface area contributed by atoms with Crippen molar-refractivity contribution in [2.24, 2.45) is 0 Å². The summed E-state index contributed by atoms with van der Waals surface area (Å²) in [5.41, 5.74) is 9.18. The first kappa shape index (κ1) is 30.3. The second kappa shape index (κ2) is 11.6. The van der Waals surface area contributed by atoms with Gasteiger partial charge in [0.2, 0.25) is 0 Å². The van der Waals surface area contributed by atoms with E-state index in [-0.39, 0.29) is 0 Å². The summed E-state index contributed by atoms with van der Waals surface area (Å²) in [5.74, 6) is 0. The molecular weight excluding hydrogens is 665 g/mol. The van der Waals surface area contributed by atoms with Crippen LogP contribution in [-0.2, 0) is 0 Å². The highest BCUT2D eigenvalue weighted by atomic mass is 16.3. The standard InChI is InChI=1S/C54H32O/c1-3-17-38-33(13-1)27-28-37-32-48(41-19-5-6-20-42(41)50(37)38)52-45-23-9-7-21-43(45)51(44-22-8-10-24-46(44)52)36-16-11-15-35(31-36)39-25-12-26-49-53(39)47-30-29-34-14-2-4-18-40(34)54(47)55-49/h1-32H. The molecule has 11 aromatic carbocycles. The van der Waals surface area contributed by atoms with E-state index in [1.54, 1.807) is 0 Å². The fraction of sp³-hybridized carbons (Fsp3) is 0. The number of furan rings is 1. The van der Waals surface area contributed by atoms with E-state index >= 15 is 0 Å². The third-order valence-corrected chi connectivity index (χ3v) is 11.8. The molecule has 0 atom stereocenters. The third kappa shape index (κ3) is 4.41. The van der Waals surface area contributed by atoms with Gasteiger partial charge in [0.25, 0.3) is 0 Å². The predicted molar refractivity (Wildman–Crippen MR) is 235 cm³/mol. The molecule has 0 saturated carbocycles. The zero-order valence-corrected chi connectivity index (χ0v) is 29.9. The maximum Gasteiger partial charge on any atom is 0.143 e. The van der Waals surface area contributed by atoms with Crippen molar-refractivity contribution in [3.05, 3.63) is 194 Å². The average molecular weight is 697 g/mol. The van der Waals surface area contributed by atoms with Gasteiger partial charge in [-0.25, -0.2) is 0 Å². The Morgan fingerprint density at radius 3 is 1.56 bits per heavy atom. The van der Waals surface area contributed by atoms with Crippen LogP contribution in [0.25, 0.3) is 120 Å². The topological polar surface area (TPSA) is 13.1 Å². The van der Waals surface area contributed by atoms with Crippen LogP contribution in [0.3, 0.4) is 0 Å². The Morgan fingerprint density at radius 1 is 0.273 bits per heavy atom. The summed E-state index contributed by atoms with van der Waals surface area (Å²) in [5, 5.41) is 17.3. The SMILES string of the molecule is c1cc(-c2c3ccccc3c(-c3cc4ccc5ccccc5c4c4ccccc34)c3ccccc23)cc(-c2cccc3oc4c5ccccc5ccc4c23)c1. The molecule has 55 heavy (non-hydrogen) atoms. The van der Waals surface area contributed by atoms with Crippen LogP contribution in [0.4, 0.5) is 0 Å². The molecule has 0 unspecified atom stereocenters. The van der Waals surface area contributed by atoms with Gasteiger partial charge >= 0.3 is 0 Å². The fourth-order valence-corrected chi connectivity index (χ4v) is 9.45. The first-order chi connectivity index (χ1) is 27.3. The maximum absolute atomic E-state index is 6.59. The summed E-state index contributed by atoms with van der Waals surface area (Å²) in [6, 6.07) is 71.1. The molecule has 0 amide bonds. The summed E-state index contributed by atoms with van der Waals surface area (Å²) in [7, 11) is 0. The molecule has 0 fully saturated rings. The Labute approximate surface area is 317 Å². The smallest absolute Gasteiger partial charge is 0.143 e. The molecule has 0 N–H and O–H groups in total. The lowest BCUT2D eigenvalue weighted by Crippen LogP contribution is -1.93. The molecule has 1 aromatic heterocycles. The van der Waals surface area contributed by atoms with Crippen LogP contribution < -0.4 is 0 Å². The average Bonchev–Trinajstić information content (AvgIpc) is 3.65. The minimum absolute atomic E-state index is 0.908. The van der Waals surface area contributed by atoms with Crippen molar-refractivity contribution in [1.82, 2.24) is 0 Å². The van der Waals surface area contributed by atoms with Crippen LogP contribution >= 0.6 is 0 Å². The van der Waals surface area contributed by atoms with Crippen LogP contribution in [0, 0.1) is 0 Å². The summed E-state index contributed by atoms with van der Waals surface area (Å²) >= 11 is 0. The van der Waals surface area contributed by atoms with Crippen molar-refractivity contribution in [3.63, 3.8) is 0 Å². The second-order valence-corrected chi connectivity index (χ2v) is 14.7. The Bertz CT molecular complexity index is 3490. The molecule has 12 rings (SSSR count). The number of rotatable bonds is 3. The van der Waals surface area contributed by atoms with Gasteiger partial charge in [-0.1, -0.05) is 170 Å². The molecule has 254 valence electrons. The van der Waals surface area contributed by atoms with Crippen molar-refractivity contribution >= 4 is 86.6 Å². The zero-order chi connectivity index (χ0) is 36.0. The van der Waals surface area contributed by atoms with Gasteiger partial charge in [-0.2, -0.15) is 0 Å². The van der Waals surface area contributed by atoms with E-state index < -0.39 is 0 Å². The minimum atomic E-state index is 0.908.